The van der Waals surface area contributed by atoms with Crippen LogP contribution in [0.15, 0.2) is 36.4 Å². The lowest BCUT2D eigenvalue weighted by atomic mass is 10.1. The first-order valence-electron chi connectivity index (χ1n) is 5.72. The topological polar surface area (TPSA) is 38.9 Å². The predicted molar refractivity (Wildman–Crippen MR) is 66.2 cm³/mol. The maximum atomic E-state index is 6.08. The molecule has 2 nitrogen and oxygen atoms in total. The van der Waals surface area contributed by atoms with E-state index in [9.17, 15) is 0 Å². The summed E-state index contributed by atoms with van der Waals surface area (Å²) in [5.74, 6) is 0.414. The third-order valence-electron chi connectivity index (χ3n) is 3.85. The van der Waals surface area contributed by atoms with E-state index in [0.29, 0.717) is 5.92 Å². The number of hydrogen-bond donors (Lipinski definition) is 1. The van der Waals surface area contributed by atoms with Crippen LogP contribution in [0.3, 0.4) is 0 Å². The molecule has 1 aliphatic rings. The second kappa shape index (κ2) is 3.05. The molecule has 2 heteroatoms. The Balaban J connectivity index is 2.07. The lowest BCUT2D eigenvalue weighted by Gasteiger charge is -2.03. The molecule has 1 heterocycles. The zero-order chi connectivity index (χ0) is 11.3. The second-order valence-corrected chi connectivity index (χ2v) is 5.25. The minimum absolute atomic E-state index is 0.204. The predicted octanol–water partition coefficient (Wildman–Crippen LogP) is 2.69. The summed E-state index contributed by atoms with van der Waals surface area (Å²) in [5, 5.41) is 1.19. The third kappa shape index (κ3) is 1.26. The average molecular weight is 212 g/mol. The smallest absolute Gasteiger partial charge is 0.0705 e. The van der Waals surface area contributed by atoms with Crippen molar-refractivity contribution in [1.29, 1.82) is 0 Å². The number of hydrogen-bond acceptors (Lipinski definition) is 2. The molecule has 1 fully saturated rings. The van der Waals surface area contributed by atoms with Gasteiger partial charge in [0.1, 0.15) is 0 Å². The number of nitrogens with zero attached hydrogens (tertiary/aromatic N) is 1. The van der Waals surface area contributed by atoms with E-state index in [2.05, 4.69) is 38.1 Å². The summed E-state index contributed by atoms with van der Waals surface area (Å²) in [5.41, 5.74) is 8.48. The zero-order valence-electron chi connectivity index (χ0n) is 9.64. The van der Waals surface area contributed by atoms with Crippen LogP contribution in [0.5, 0.6) is 0 Å². The van der Waals surface area contributed by atoms with E-state index < -0.39 is 0 Å². The van der Waals surface area contributed by atoms with Gasteiger partial charge in [0.15, 0.2) is 0 Å². The van der Waals surface area contributed by atoms with E-state index in [4.69, 9.17) is 10.7 Å². The summed E-state index contributed by atoms with van der Waals surface area (Å²) in [7, 11) is 0. The fourth-order valence-electron chi connectivity index (χ4n) is 2.50. The molecule has 82 valence electrons. The van der Waals surface area contributed by atoms with Crippen LogP contribution in [0.4, 0.5) is 0 Å². The molecular weight excluding hydrogens is 196 g/mol. The van der Waals surface area contributed by atoms with Crippen molar-refractivity contribution < 1.29 is 0 Å². The first-order valence-corrected chi connectivity index (χ1v) is 5.72. The minimum atomic E-state index is 0.204. The van der Waals surface area contributed by atoms with Gasteiger partial charge in [-0.3, -0.25) is 4.98 Å². The highest BCUT2D eigenvalue weighted by Gasteiger charge is 2.56. The van der Waals surface area contributed by atoms with E-state index in [1.165, 1.54) is 5.39 Å². The molecule has 0 aliphatic heterocycles. The Morgan fingerprint density at radius 2 is 1.81 bits per heavy atom. The zero-order valence-corrected chi connectivity index (χ0v) is 9.64. The highest BCUT2D eigenvalue weighted by Crippen LogP contribution is 2.56. The van der Waals surface area contributed by atoms with Crippen molar-refractivity contribution in [2.45, 2.75) is 25.8 Å². The molecule has 2 atom stereocenters. The van der Waals surface area contributed by atoms with Gasteiger partial charge < -0.3 is 5.73 Å². The molecular formula is C14H16N2. The summed E-state index contributed by atoms with van der Waals surface area (Å²) < 4.78 is 0. The van der Waals surface area contributed by atoms with Crippen LogP contribution in [-0.2, 0) is 0 Å². The molecule has 1 aromatic carbocycles. The van der Waals surface area contributed by atoms with E-state index >= 15 is 0 Å². The molecule has 0 unspecified atom stereocenters. The monoisotopic (exact) mass is 212 g/mol. The van der Waals surface area contributed by atoms with Crippen molar-refractivity contribution in [3.05, 3.63) is 42.1 Å². The van der Waals surface area contributed by atoms with Gasteiger partial charge >= 0.3 is 0 Å². The van der Waals surface area contributed by atoms with Gasteiger partial charge in [-0.15, -0.1) is 0 Å². The first-order chi connectivity index (χ1) is 7.60. The van der Waals surface area contributed by atoms with Gasteiger partial charge in [0.05, 0.1) is 5.52 Å². The Morgan fingerprint density at radius 1 is 1.12 bits per heavy atom. The van der Waals surface area contributed by atoms with Crippen molar-refractivity contribution >= 4 is 10.9 Å². The lowest BCUT2D eigenvalue weighted by Crippen LogP contribution is -2.06. The van der Waals surface area contributed by atoms with Gasteiger partial charge in [0.25, 0.3) is 0 Å². The number of rotatable bonds is 1. The molecule has 2 N–H and O–H groups in total. The number of benzene rings is 1. The SMILES string of the molecule is CC1(C)[C@@H](N)[C@@H]1c1ccc2ccccc2n1. The molecule has 1 aromatic heterocycles. The van der Waals surface area contributed by atoms with Crippen molar-refractivity contribution in [3.63, 3.8) is 0 Å². The molecule has 1 saturated carbocycles. The first kappa shape index (κ1) is 9.79. The van der Waals surface area contributed by atoms with Crippen molar-refractivity contribution in [2.24, 2.45) is 11.1 Å². The Bertz CT molecular complexity index is 545. The fraction of sp³-hybridized carbons (Fsp3) is 0.357. The summed E-state index contributed by atoms with van der Waals surface area (Å²) in [4.78, 5) is 4.70. The maximum absolute atomic E-state index is 6.08. The van der Waals surface area contributed by atoms with Gasteiger partial charge in [0, 0.05) is 23.0 Å². The van der Waals surface area contributed by atoms with Crippen LogP contribution in [-0.4, -0.2) is 11.0 Å². The third-order valence-corrected chi connectivity index (χ3v) is 3.85. The standard InChI is InChI=1S/C14H16N2/c1-14(2)12(13(14)15)11-8-7-9-5-3-4-6-10(9)16-11/h3-8,12-13H,15H2,1-2H3/t12-,13-/m0/s1. The van der Waals surface area contributed by atoms with Gasteiger partial charge in [0.2, 0.25) is 0 Å². The van der Waals surface area contributed by atoms with Crippen LogP contribution in [0.2, 0.25) is 0 Å². The summed E-state index contributed by atoms with van der Waals surface area (Å²) in [6, 6.07) is 12.7. The molecule has 0 saturated heterocycles. The largest absolute Gasteiger partial charge is 0.327 e. The Morgan fingerprint density at radius 3 is 2.50 bits per heavy atom. The Kier molecular flexibility index (Phi) is 1.86. The van der Waals surface area contributed by atoms with Crippen molar-refractivity contribution in [1.82, 2.24) is 4.98 Å². The fourth-order valence-corrected chi connectivity index (χ4v) is 2.50. The maximum Gasteiger partial charge on any atom is 0.0705 e. The minimum Gasteiger partial charge on any atom is -0.327 e. The molecule has 0 amide bonds. The van der Waals surface area contributed by atoms with Gasteiger partial charge in [-0.2, -0.15) is 0 Å². The Labute approximate surface area is 95.5 Å². The molecule has 0 bridgehead atoms. The van der Waals surface area contributed by atoms with Gasteiger partial charge in [-0.1, -0.05) is 38.1 Å². The van der Waals surface area contributed by atoms with Crippen LogP contribution < -0.4 is 5.73 Å². The highest BCUT2D eigenvalue weighted by molar-refractivity contribution is 5.78. The second-order valence-electron chi connectivity index (χ2n) is 5.25. The number of nitrogens with two attached hydrogens (primary N) is 1. The van der Waals surface area contributed by atoms with E-state index in [1.54, 1.807) is 0 Å². The Hall–Kier alpha value is -1.41. The molecule has 1 aliphatic carbocycles. The number of pyridine rings is 1. The van der Waals surface area contributed by atoms with Crippen LogP contribution >= 0.6 is 0 Å². The summed E-state index contributed by atoms with van der Waals surface area (Å²) >= 11 is 0. The highest BCUT2D eigenvalue weighted by atomic mass is 14.9. The number of fused-ring (bicyclic) bond motifs is 1. The normalized spacial score (nSPS) is 26.9. The van der Waals surface area contributed by atoms with Gasteiger partial charge in [-0.05, 0) is 17.5 Å². The van der Waals surface area contributed by atoms with E-state index in [0.717, 1.165) is 11.2 Å². The van der Waals surface area contributed by atoms with Crippen molar-refractivity contribution in [3.8, 4) is 0 Å². The number of para-hydroxylation sites is 1. The van der Waals surface area contributed by atoms with E-state index in [1.807, 2.05) is 12.1 Å². The lowest BCUT2D eigenvalue weighted by molar-refractivity contribution is 0.596. The number of aromatic nitrogens is 1. The van der Waals surface area contributed by atoms with Crippen LogP contribution in [0.1, 0.15) is 25.5 Å². The van der Waals surface area contributed by atoms with Gasteiger partial charge in [-0.25, -0.2) is 0 Å². The molecule has 16 heavy (non-hydrogen) atoms. The van der Waals surface area contributed by atoms with Crippen molar-refractivity contribution in [2.75, 3.05) is 0 Å². The summed E-state index contributed by atoms with van der Waals surface area (Å²) in [6.45, 7) is 4.42. The quantitative estimate of drug-likeness (QED) is 0.789. The van der Waals surface area contributed by atoms with Crippen LogP contribution in [0, 0.1) is 5.41 Å². The molecule has 2 aromatic rings. The summed E-state index contributed by atoms with van der Waals surface area (Å²) in [6.07, 6.45) is 0. The van der Waals surface area contributed by atoms with E-state index in [-0.39, 0.29) is 11.5 Å². The molecule has 3 rings (SSSR count). The molecule has 0 radical (unpaired) electrons. The molecule has 0 spiro atoms. The van der Waals surface area contributed by atoms with Crippen LogP contribution in [0.25, 0.3) is 10.9 Å². The average Bonchev–Trinajstić information content (AvgIpc) is 2.78.